The lowest BCUT2D eigenvalue weighted by Crippen LogP contribution is -2.44. The fourth-order valence-electron chi connectivity index (χ4n) is 6.87. The first-order valence-corrected chi connectivity index (χ1v) is 20.7. The van der Waals surface area contributed by atoms with Crippen molar-refractivity contribution in [3.8, 4) is 17.2 Å². The molecule has 0 bridgehead atoms. The molecule has 3 aromatic carbocycles. The normalized spacial score (nSPS) is 12.2. The van der Waals surface area contributed by atoms with Gasteiger partial charge in [-0.25, -0.2) is 0 Å². The van der Waals surface area contributed by atoms with Crippen LogP contribution in [0.3, 0.4) is 0 Å². The minimum Gasteiger partial charge on any atom is -0.507 e. The van der Waals surface area contributed by atoms with E-state index in [1.165, 1.54) is 6.92 Å². The van der Waals surface area contributed by atoms with Gasteiger partial charge in [-0.15, -0.1) is 0 Å². The summed E-state index contributed by atoms with van der Waals surface area (Å²) in [6.07, 6.45) is 0.939. The molecular weight excluding hydrogens is 765 g/mol. The number of carbonyl (C=O) groups is 4. The van der Waals surface area contributed by atoms with Gasteiger partial charge in [0.15, 0.2) is 0 Å². The number of esters is 4. The largest absolute Gasteiger partial charge is 0.507 e. The fraction of sp³-hybridized carbons (Fsp3) is 0.551. The SMILES string of the molecule is CC(=O)OCC(COC(=O)CCc1cc(C)c(O)c(C(C)(C)C)c1)(COC(=O)CCc1cc(C)c(O)c(C(C)(C)C)c1)COC(=O)CCc1cc(C)c(O)c(C(C)(C)C)c1. The maximum absolute atomic E-state index is 13.3. The number of carbonyl (C=O) groups excluding carboxylic acids is 4. The molecule has 0 aliphatic rings. The van der Waals surface area contributed by atoms with Crippen molar-refractivity contribution >= 4 is 23.9 Å². The summed E-state index contributed by atoms with van der Waals surface area (Å²) in [4.78, 5) is 52.0. The Morgan fingerprint density at radius 3 is 0.933 bits per heavy atom. The van der Waals surface area contributed by atoms with Crippen molar-refractivity contribution in [2.75, 3.05) is 26.4 Å². The molecule has 3 N–H and O–H groups in total. The number of rotatable bonds is 17. The third-order valence-corrected chi connectivity index (χ3v) is 10.6. The van der Waals surface area contributed by atoms with Crippen LogP contribution in [0.5, 0.6) is 17.2 Å². The summed E-state index contributed by atoms with van der Waals surface area (Å²) < 4.78 is 22.7. The van der Waals surface area contributed by atoms with Gasteiger partial charge in [0.2, 0.25) is 0 Å². The van der Waals surface area contributed by atoms with Crippen LogP contribution in [0.1, 0.15) is 139 Å². The Morgan fingerprint density at radius 2 is 0.700 bits per heavy atom. The number of ether oxygens (including phenoxy) is 4. The van der Waals surface area contributed by atoms with Crippen molar-refractivity contribution in [1.82, 2.24) is 0 Å². The summed E-state index contributed by atoms with van der Waals surface area (Å²) in [6, 6.07) is 11.1. The molecule has 0 heterocycles. The first-order chi connectivity index (χ1) is 27.6. The molecule has 0 spiro atoms. The first-order valence-electron chi connectivity index (χ1n) is 20.7. The van der Waals surface area contributed by atoms with E-state index in [0.717, 1.165) is 33.4 Å². The van der Waals surface area contributed by atoms with E-state index in [4.69, 9.17) is 18.9 Å². The Hall–Kier alpha value is -5.06. The maximum atomic E-state index is 13.3. The number of phenols is 3. The van der Waals surface area contributed by atoms with Gasteiger partial charge in [-0.2, -0.15) is 0 Å². The van der Waals surface area contributed by atoms with Crippen molar-refractivity contribution in [2.24, 2.45) is 5.41 Å². The molecule has 0 atom stereocenters. The fourth-order valence-corrected chi connectivity index (χ4v) is 6.87. The average molecular weight is 833 g/mol. The lowest BCUT2D eigenvalue weighted by molar-refractivity contribution is -0.170. The van der Waals surface area contributed by atoms with E-state index in [2.05, 4.69) is 0 Å². The van der Waals surface area contributed by atoms with Crippen LogP contribution in [0, 0.1) is 26.2 Å². The van der Waals surface area contributed by atoms with Gasteiger partial charge < -0.3 is 34.3 Å². The van der Waals surface area contributed by atoms with Gasteiger partial charge in [0.05, 0.1) is 0 Å². The van der Waals surface area contributed by atoms with Crippen LogP contribution in [0.25, 0.3) is 0 Å². The van der Waals surface area contributed by atoms with Crippen molar-refractivity contribution in [3.05, 3.63) is 86.5 Å². The highest BCUT2D eigenvalue weighted by Crippen LogP contribution is 2.37. The van der Waals surface area contributed by atoms with Crippen LogP contribution in [0.4, 0.5) is 0 Å². The Balaban J connectivity index is 1.82. The molecular formula is C49H68O11. The van der Waals surface area contributed by atoms with Gasteiger partial charge in [-0.05, 0) is 106 Å². The van der Waals surface area contributed by atoms with Gasteiger partial charge in [0, 0.05) is 26.2 Å². The van der Waals surface area contributed by atoms with Crippen LogP contribution >= 0.6 is 0 Å². The minimum atomic E-state index is -1.44. The van der Waals surface area contributed by atoms with Crippen LogP contribution in [0.2, 0.25) is 0 Å². The standard InChI is InChI=1S/C49H68O11/c1-30-20-34(23-37(43(30)54)46(5,6)7)14-17-40(51)58-27-49(26-57-33(4)50,28-59-41(52)18-15-35-21-31(2)44(55)38(24-35)47(8,9)10)29-60-42(53)19-16-36-22-32(3)45(56)39(25-36)48(11,12)13/h20-25,54-56H,14-19,26-29H2,1-13H3. The van der Waals surface area contributed by atoms with E-state index >= 15 is 0 Å². The molecule has 0 radical (unpaired) electrons. The summed E-state index contributed by atoms with van der Waals surface area (Å²) in [6.45, 7) is 23.1. The molecule has 0 unspecified atom stereocenters. The summed E-state index contributed by atoms with van der Waals surface area (Å²) in [5.74, 6) is -1.69. The molecule has 0 amide bonds. The first kappa shape index (κ1) is 49.3. The van der Waals surface area contributed by atoms with Crippen LogP contribution in [-0.4, -0.2) is 65.6 Å². The van der Waals surface area contributed by atoms with Gasteiger partial charge in [0.1, 0.15) is 49.1 Å². The highest BCUT2D eigenvalue weighted by atomic mass is 16.6. The highest BCUT2D eigenvalue weighted by Gasteiger charge is 2.38. The van der Waals surface area contributed by atoms with E-state index in [1.807, 2.05) is 119 Å². The molecule has 0 fully saturated rings. The highest BCUT2D eigenvalue weighted by molar-refractivity contribution is 5.71. The third kappa shape index (κ3) is 14.3. The third-order valence-electron chi connectivity index (χ3n) is 10.6. The molecule has 0 aliphatic carbocycles. The van der Waals surface area contributed by atoms with E-state index in [0.29, 0.717) is 36.0 Å². The molecule has 3 aromatic rings. The molecule has 0 aromatic heterocycles. The average Bonchev–Trinajstić information content (AvgIpc) is 3.13. The summed E-state index contributed by atoms with van der Waals surface area (Å²) in [5.41, 5.74) is 4.49. The van der Waals surface area contributed by atoms with E-state index in [-0.39, 0.29) is 79.2 Å². The number of aryl methyl sites for hydroxylation is 6. The second-order valence-corrected chi connectivity index (χ2v) is 19.4. The van der Waals surface area contributed by atoms with Crippen LogP contribution < -0.4 is 0 Å². The number of benzene rings is 3. The molecule has 60 heavy (non-hydrogen) atoms. The van der Waals surface area contributed by atoms with E-state index < -0.39 is 29.3 Å². The van der Waals surface area contributed by atoms with Crippen LogP contribution in [-0.2, 0) is 73.6 Å². The number of aromatic hydroxyl groups is 3. The summed E-state index contributed by atoms with van der Waals surface area (Å²) in [7, 11) is 0. The molecule has 0 saturated heterocycles. The molecule has 330 valence electrons. The Bertz CT molecular complexity index is 1810. The lowest BCUT2D eigenvalue weighted by Gasteiger charge is -2.31. The quantitative estimate of drug-likeness (QED) is 0.0878. The van der Waals surface area contributed by atoms with E-state index in [1.54, 1.807) is 0 Å². The van der Waals surface area contributed by atoms with Gasteiger partial charge in [-0.3, -0.25) is 19.2 Å². The predicted octanol–water partition coefficient (Wildman–Crippen LogP) is 9.00. The zero-order valence-electron chi connectivity index (χ0n) is 38.1. The second-order valence-electron chi connectivity index (χ2n) is 19.4. The molecule has 0 saturated carbocycles. The Labute approximate surface area is 356 Å². The zero-order valence-corrected chi connectivity index (χ0v) is 38.1. The molecule has 11 heteroatoms. The predicted molar refractivity (Wildman–Crippen MR) is 232 cm³/mol. The number of phenolic OH excluding ortho intramolecular Hbond substituents is 3. The summed E-state index contributed by atoms with van der Waals surface area (Å²) in [5, 5.41) is 32.0. The second kappa shape index (κ2) is 20.0. The summed E-state index contributed by atoms with van der Waals surface area (Å²) >= 11 is 0. The number of hydrogen-bond donors (Lipinski definition) is 3. The molecule has 0 aliphatic heterocycles. The topological polar surface area (TPSA) is 166 Å². The maximum Gasteiger partial charge on any atom is 0.306 e. The van der Waals surface area contributed by atoms with Crippen molar-refractivity contribution in [3.63, 3.8) is 0 Å². The Morgan fingerprint density at radius 1 is 0.450 bits per heavy atom. The van der Waals surface area contributed by atoms with Gasteiger partial charge in [-0.1, -0.05) is 98.7 Å². The van der Waals surface area contributed by atoms with Crippen LogP contribution in [0.15, 0.2) is 36.4 Å². The molecule has 3 rings (SSSR count). The van der Waals surface area contributed by atoms with Gasteiger partial charge >= 0.3 is 23.9 Å². The minimum absolute atomic E-state index is 0.0117. The lowest BCUT2D eigenvalue weighted by atomic mass is 9.83. The smallest absolute Gasteiger partial charge is 0.306 e. The van der Waals surface area contributed by atoms with Gasteiger partial charge in [0.25, 0.3) is 0 Å². The van der Waals surface area contributed by atoms with Crippen molar-refractivity contribution in [1.29, 1.82) is 0 Å². The van der Waals surface area contributed by atoms with Crippen molar-refractivity contribution < 1.29 is 53.4 Å². The Kier molecular flexibility index (Phi) is 16.4. The zero-order chi connectivity index (χ0) is 45.4. The number of hydrogen-bond acceptors (Lipinski definition) is 11. The monoisotopic (exact) mass is 832 g/mol. The van der Waals surface area contributed by atoms with Crippen molar-refractivity contribution in [2.45, 2.75) is 145 Å². The molecule has 11 nitrogen and oxygen atoms in total. The van der Waals surface area contributed by atoms with E-state index in [9.17, 15) is 34.5 Å².